The molecule has 4 nitrogen and oxygen atoms in total. The predicted molar refractivity (Wildman–Crippen MR) is 71.5 cm³/mol. The van der Waals surface area contributed by atoms with Crippen molar-refractivity contribution in [1.82, 2.24) is 0 Å². The lowest BCUT2D eigenvalue weighted by molar-refractivity contribution is 0.403. The third kappa shape index (κ3) is 3.41. The van der Waals surface area contributed by atoms with E-state index in [1.54, 1.807) is 20.3 Å². The Kier molecular flexibility index (Phi) is 5.38. The van der Waals surface area contributed by atoms with Gasteiger partial charge in [-0.05, 0) is 13.0 Å². The van der Waals surface area contributed by atoms with Crippen LogP contribution < -0.4 is 20.1 Å². The largest absolute Gasteiger partial charge is 0.495 e. The van der Waals surface area contributed by atoms with Gasteiger partial charge in [-0.2, -0.15) is 0 Å². The van der Waals surface area contributed by atoms with Crippen LogP contribution in [0.2, 0.25) is 5.02 Å². The molecule has 0 bridgehead atoms. The number of hydrogen-bond acceptors (Lipinski definition) is 4. The van der Waals surface area contributed by atoms with Gasteiger partial charge < -0.3 is 20.1 Å². The Balaban J connectivity index is 3.02. The summed E-state index contributed by atoms with van der Waals surface area (Å²) >= 11 is 6.05. The minimum atomic E-state index is 0.542. The molecule has 1 aromatic rings. The van der Waals surface area contributed by atoms with Crippen molar-refractivity contribution in [3.05, 3.63) is 17.2 Å². The fraction of sp³-hybridized carbons (Fsp3) is 0.500. The van der Waals surface area contributed by atoms with E-state index in [1.165, 1.54) is 0 Å². The Morgan fingerprint density at radius 2 is 1.88 bits per heavy atom. The molecule has 0 atom stereocenters. The second-order valence-electron chi connectivity index (χ2n) is 3.72. The Labute approximate surface area is 107 Å². The molecule has 0 saturated carbocycles. The third-order valence-corrected chi connectivity index (χ3v) is 2.86. The Morgan fingerprint density at radius 1 is 1.24 bits per heavy atom. The molecule has 0 radical (unpaired) electrons. The predicted octanol–water partition coefficient (Wildman–Crippen LogP) is 2.14. The molecule has 0 heterocycles. The second kappa shape index (κ2) is 6.57. The summed E-state index contributed by atoms with van der Waals surface area (Å²) < 4.78 is 10.5. The second-order valence-corrected chi connectivity index (χ2v) is 4.13. The van der Waals surface area contributed by atoms with Gasteiger partial charge in [-0.1, -0.05) is 11.6 Å². The maximum absolute atomic E-state index is 6.05. The summed E-state index contributed by atoms with van der Waals surface area (Å²) in [5, 5.41) is 0.542. The van der Waals surface area contributed by atoms with E-state index in [-0.39, 0.29) is 0 Å². The Hall–Kier alpha value is -1.13. The molecule has 96 valence electrons. The molecule has 0 aliphatic carbocycles. The number of ether oxygens (including phenoxy) is 2. The van der Waals surface area contributed by atoms with Gasteiger partial charge in [0.1, 0.15) is 11.5 Å². The molecule has 0 saturated heterocycles. The molecule has 17 heavy (non-hydrogen) atoms. The summed E-state index contributed by atoms with van der Waals surface area (Å²) in [5.41, 5.74) is 6.45. The quantitative estimate of drug-likeness (QED) is 0.849. The van der Waals surface area contributed by atoms with Crippen molar-refractivity contribution in [3.63, 3.8) is 0 Å². The molecule has 2 N–H and O–H groups in total. The molecule has 1 aromatic carbocycles. The average molecular weight is 259 g/mol. The standard InChI is InChI=1S/C12H19ClN2O2/c1-15(6-4-5-14)10-8-11(16-2)9(13)7-12(10)17-3/h7-8H,4-6,14H2,1-3H3. The first-order valence-corrected chi connectivity index (χ1v) is 5.84. The number of benzene rings is 1. The summed E-state index contributed by atoms with van der Waals surface area (Å²) in [5.74, 6) is 1.37. The number of rotatable bonds is 6. The highest BCUT2D eigenvalue weighted by Gasteiger charge is 2.12. The van der Waals surface area contributed by atoms with E-state index in [9.17, 15) is 0 Å². The normalized spacial score (nSPS) is 10.2. The highest BCUT2D eigenvalue weighted by atomic mass is 35.5. The van der Waals surface area contributed by atoms with Crippen LogP contribution in [0.15, 0.2) is 12.1 Å². The lowest BCUT2D eigenvalue weighted by Crippen LogP contribution is -2.21. The highest BCUT2D eigenvalue weighted by molar-refractivity contribution is 6.32. The van der Waals surface area contributed by atoms with Gasteiger partial charge in [0.05, 0.1) is 24.9 Å². The van der Waals surface area contributed by atoms with E-state index in [0.717, 1.165) is 24.4 Å². The first-order chi connectivity index (χ1) is 8.13. The lowest BCUT2D eigenvalue weighted by atomic mass is 10.2. The van der Waals surface area contributed by atoms with E-state index in [0.29, 0.717) is 17.3 Å². The number of nitrogens with zero attached hydrogens (tertiary/aromatic N) is 1. The maximum Gasteiger partial charge on any atom is 0.143 e. The molecule has 0 fully saturated rings. The van der Waals surface area contributed by atoms with Crippen LogP contribution >= 0.6 is 11.6 Å². The molecule has 5 heteroatoms. The van der Waals surface area contributed by atoms with Gasteiger partial charge in [0.15, 0.2) is 0 Å². The van der Waals surface area contributed by atoms with Crippen LogP contribution in [0.1, 0.15) is 6.42 Å². The zero-order valence-corrected chi connectivity index (χ0v) is 11.3. The van der Waals surface area contributed by atoms with E-state index in [2.05, 4.69) is 4.90 Å². The summed E-state index contributed by atoms with van der Waals surface area (Å²) in [7, 11) is 5.20. The number of methoxy groups -OCH3 is 2. The molecular weight excluding hydrogens is 240 g/mol. The van der Waals surface area contributed by atoms with Gasteiger partial charge in [-0.15, -0.1) is 0 Å². The minimum absolute atomic E-state index is 0.542. The van der Waals surface area contributed by atoms with Crippen LogP contribution in [0.4, 0.5) is 5.69 Å². The van der Waals surface area contributed by atoms with Crippen LogP contribution in [0.3, 0.4) is 0 Å². The third-order valence-electron chi connectivity index (χ3n) is 2.56. The van der Waals surface area contributed by atoms with Crippen LogP contribution in [0, 0.1) is 0 Å². The molecular formula is C12H19ClN2O2. The van der Waals surface area contributed by atoms with Crippen LogP contribution in [-0.2, 0) is 0 Å². The molecule has 1 rings (SSSR count). The number of nitrogens with two attached hydrogens (primary N) is 1. The molecule has 0 spiro atoms. The first kappa shape index (κ1) is 13.9. The van der Waals surface area contributed by atoms with Gasteiger partial charge in [-0.3, -0.25) is 0 Å². The van der Waals surface area contributed by atoms with Gasteiger partial charge in [-0.25, -0.2) is 0 Å². The van der Waals surface area contributed by atoms with Crippen LogP contribution in [0.25, 0.3) is 0 Å². The van der Waals surface area contributed by atoms with Gasteiger partial charge in [0, 0.05) is 25.7 Å². The van der Waals surface area contributed by atoms with Gasteiger partial charge >= 0.3 is 0 Å². The number of anilines is 1. The molecule has 0 aliphatic rings. The summed E-state index contributed by atoms with van der Waals surface area (Å²) in [4.78, 5) is 2.07. The van der Waals surface area contributed by atoms with Crippen molar-refractivity contribution in [2.24, 2.45) is 5.73 Å². The van der Waals surface area contributed by atoms with Crippen molar-refractivity contribution >= 4 is 17.3 Å². The van der Waals surface area contributed by atoms with Crippen molar-refractivity contribution in [1.29, 1.82) is 0 Å². The molecule has 0 aromatic heterocycles. The minimum Gasteiger partial charge on any atom is -0.495 e. The van der Waals surface area contributed by atoms with E-state index < -0.39 is 0 Å². The monoisotopic (exact) mass is 258 g/mol. The molecule has 0 unspecified atom stereocenters. The fourth-order valence-electron chi connectivity index (χ4n) is 1.59. The van der Waals surface area contributed by atoms with Crippen molar-refractivity contribution in [3.8, 4) is 11.5 Å². The Morgan fingerprint density at radius 3 is 2.41 bits per heavy atom. The van der Waals surface area contributed by atoms with Crippen LogP contribution in [0.5, 0.6) is 11.5 Å². The maximum atomic E-state index is 6.05. The first-order valence-electron chi connectivity index (χ1n) is 5.46. The van der Waals surface area contributed by atoms with E-state index >= 15 is 0 Å². The smallest absolute Gasteiger partial charge is 0.143 e. The average Bonchev–Trinajstić information content (AvgIpc) is 2.35. The van der Waals surface area contributed by atoms with Crippen molar-refractivity contribution in [2.45, 2.75) is 6.42 Å². The van der Waals surface area contributed by atoms with Gasteiger partial charge in [0.2, 0.25) is 0 Å². The zero-order valence-electron chi connectivity index (χ0n) is 10.5. The molecule has 0 amide bonds. The summed E-state index contributed by atoms with van der Waals surface area (Å²) in [6.07, 6.45) is 0.921. The summed E-state index contributed by atoms with van der Waals surface area (Å²) in [6, 6.07) is 3.63. The van der Waals surface area contributed by atoms with E-state index in [1.807, 2.05) is 13.1 Å². The van der Waals surface area contributed by atoms with Crippen molar-refractivity contribution in [2.75, 3.05) is 39.3 Å². The number of hydrogen-bond donors (Lipinski definition) is 1. The van der Waals surface area contributed by atoms with Crippen LogP contribution in [-0.4, -0.2) is 34.4 Å². The highest BCUT2D eigenvalue weighted by Crippen LogP contribution is 2.37. The fourth-order valence-corrected chi connectivity index (χ4v) is 1.82. The SMILES string of the molecule is COc1cc(N(C)CCCN)c(OC)cc1Cl. The van der Waals surface area contributed by atoms with Crippen molar-refractivity contribution < 1.29 is 9.47 Å². The number of halogens is 1. The summed E-state index contributed by atoms with van der Waals surface area (Å²) in [6.45, 7) is 1.52. The topological polar surface area (TPSA) is 47.7 Å². The van der Waals surface area contributed by atoms with Gasteiger partial charge in [0.25, 0.3) is 0 Å². The van der Waals surface area contributed by atoms with E-state index in [4.69, 9.17) is 26.8 Å². The Bertz CT molecular complexity index is 372. The zero-order chi connectivity index (χ0) is 12.8. The lowest BCUT2D eigenvalue weighted by Gasteiger charge is -2.22. The molecule has 0 aliphatic heterocycles.